The minimum absolute atomic E-state index is 0.228. The van der Waals surface area contributed by atoms with Crippen molar-refractivity contribution in [1.29, 1.82) is 0 Å². The molecule has 0 bridgehead atoms. The van der Waals surface area contributed by atoms with Gasteiger partial charge in [0, 0.05) is 17.9 Å². The molecule has 1 saturated heterocycles. The molecule has 1 aliphatic heterocycles. The average Bonchev–Trinajstić information content (AvgIpc) is 2.88. The number of phenols is 1. The second-order valence-electron chi connectivity index (χ2n) is 7.34. The van der Waals surface area contributed by atoms with Crippen molar-refractivity contribution in [3.63, 3.8) is 0 Å². The summed E-state index contributed by atoms with van der Waals surface area (Å²) in [4.78, 5) is 11.9. The molecule has 2 atom stereocenters. The highest BCUT2D eigenvalue weighted by molar-refractivity contribution is 6.00. The molecule has 0 unspecified atom stereocenters. The summed E-state index contributed by atoms with van der Waals surface area (Å²) in [6.07, 6.45) is 3.58. The number of aryl methyl sites for hydroxylation is 1. The minimum Gasteiger partial charge on any atom is -0.508 e. The van der Waals surface area contributed by atoms with Crippen LogP contribution in [0.15, 0.2) is 42.5 Å². The zero-order valence-electron chi connectivity index (χ0n) is 14.9. The third-order valence-corrected chi connectivity index (χ3v) is 5.68. The first-order chi connectivity index (χ1) is 12.7. The number of hydrogen-bond acceptors (Lipinski definition) is 4. The Labute approximate surface area is 154 Å². The van der Waals surface area contributed by atoms with Gasteiger partial charge < -0.3 is 15.2 Å². The zero-order valence-corrected chi connectivity index (χ0v) is 14.9. The lowest BCUT2D eigenvalue weighted by Gasteiger charge is -2.25. The molecule has 136 valence electrons. The lowest BCUT2D eigenvalue weighted by atomic mass is 9.83. The molecular formula is C22H25NO3. The van der Waals surface area contributed by atoms with Gasteiger partial charge in [-0.2, -0.15) is 0 Å². The summed E-state index contributed by atoms with van der Waals surface area (Å²) in [5.74, 6) is 2.13. The third kappa shape index (κ3) is 3.61. The van der Waals surface area contributed by atoms with Crippen LogP contribution in [0, 0.1) is 5.92 Å². The van der Waals surface area contributed by atoms with E-state index in [0.29, 0.717) is 30.6 Å². The standard InChI is InChI=1S/C22H25NO3/c24-18-5-1-15(2-6-18)20-10-12-23-11-9-17(20)14-26-19-7-3-16-4-8-22(25)21(16)13-19/h1-3,5-7,13,17,20,23-24H,4,8-12,14H2/t17-,20-/m0/s1. The van der Waals surface area contributed by atoms with E-state index in [1.54, 1.807) is 12.1 Å². The maximum absolute atomic E-state index is 11.9. The average molecular weight is 351 g/mol. The lowest BCUT2D eigenvalue weighted by Crippen LogP contribution is -2.21. The zero-order chi connectivity index (χ0) is 17.9. The number of carbonyl (C=O) groups is 1. The first-order valence-corrected chi connectivity index (χ1v) is 9.49. The number of rotatable bonds is 4. The van der Waals surface area contributed by atoms with Crippen LogP contribution < -0.4 is 10.1 Å². The normalized spacial score (nSPS) is 22.7. The van der Waals surface area contributed by atoms with Gasteiger partial charge in [0.2, 0.25) is 0 Å². The molecule has 0 saturated carbocycles. The summed E-state index contributed by atoms with van der Waals surface area (Å²) >= 11 is 0. The fourth-order valence-electron chi connectivity index (χ4n) is 4.18. The molecule has 0 spiro atoms. The predicted octanol–water partition coefficient (Wildman–Crippen LogP) is 3.68. The van der Waals surface area contributed by atoms with E-state index in [2.05, 4.69) is 5.32 Å². The van der Waals surface area contributed by atoms with Crippen molar-refractivity contribution in [1.82, 2.24) is 5.32 Å². The highest BCUT2D eigenvalue weighted by Gasteiger charge is 2.26. The van der Waals surface area contributed by atoms with Crippen LogP contribution in [0.25, 0.3) is 0 Å². The Morgan fingerprint density at radius 1 is 1.04 bits per heavy atom. The fraction of sp³-hybridized carbons (Fsp3) is 0.409. The summed E-state index contributed by atoms with van der Waals surface area (Å²) in [6.45, 7) is 2.63. The molecule has 1 heterocycles. The molecule has 2 aliphatic rings. The maximum Gasteiger partial charge on any atom is 0.163 e. The van der Waals surface area contributed by atoms with Crippen molar-refractivity contribution >= 4 is 5.78 Å². The summed E-state index contributed by atoms with van der Waals surface area (Å²) < 4.78 is 6.12. The molecule has 4 rings (SSSR count). The molecule has 0 aromatic heterocycles. The van der Waals surface area contributed by atoms with Gasteiger partial charge in [-0.1, -0.05) is 18.2 Å². The first-order valence-electron chi connectivity index (χ1n) is 9.49. The Bertz CT molecular complexity index is 784. The first kappa shape index (κ1) is 17.1. The molecule has 2 N–H and O–H groups in total. The quantitative estimate of drug-likeness (QED) is 0.882. The topological polar surface area (TPSA) is 58.6 Å². The molecule has 0 amide bonds. The summed E-state index contributed by atoms with van der Waals surface area (Å²) in [6, 6.07) is 13.5. The number of benzene rings is 2. The smallest absolute Gasteiger partial charge is 0.163 e. The van der Waals surface area contributed by atoms with Crippen LogP contribution in [0.4, 0.5) is 0 Å². The molecule has 0 radical (unpaired) electrons. The molecule has 2 aromatic carbocycles. The lowest BCUT2D eigenvalue weighted by molar-refractivity contribution is 0.0994. The van der Waals surface area contributed by atoms with Crippen molar-refractivity contribution in [3.05, 3.63) is 59.2 Å². The van der Waals surface area contributed by atoms with Crippen LogP contribution in [0.5, 0.6) is 11.5 Å². The molecule has 1 fully saturated rings. The Hall–Kier alpha value is -2.33. The van der Waals surface area contributed by atoms with Crippen LogP contribution >= 0.6 is 0 Å². The van der Waals surface area contributed by atoms with Gasteiger partial charge in [0.25, 0.3) is 0 Å². The number of aromatic hydroxyl groups is 1. The second-order valence-corrected chi connectivity index (χ2v) is 7.34. The maximum atomic E-state index is 11.9. The van der Waals surface area contributed by atoms with Crippen molar-refractivity contribution in [2.75, 3.05) is 19.7 Å². The Morgan fingerprint density at radius 2 is 1.85 bits per heavy atom. The van der Waals surface area contributed by atoms with E-state index in [0.717, 1.165) is 49.2 Å². The molecule has 4 heteroatoms. The highest BCUT2D eigenvalue weighted by Crippen LogP contribution is 2.34. The van der Waals surface area contributed by atoms with E-state index < -0.39 is 0 Å². The van der Waals surface area contributed by atoms with E-state index in [1.165, 1.54) is 5.56 Å². The molecule has 26 heavy (non-hydrogen) atoms. The number of ether oxygens (including phenoxy) is 1. The number of carbonyl (C=O) groups excluding carboxylic acids is 1. The van der Waals surface area contributed by atoms with E-state index >= 15 is 0 Å². The van der Waals surface area contributed by atoms with Gasteiger partial charge in [-0.05, 0) is 73.7 Å². The third-order valence-electron chi connectivity index (χ3n) is 5.68. The number of ketones is 1. The minimum atomic E-state index is 0.228. The van der Waals surface area contributed by atoms with Crippen LogP contribution in [-0.4, -0.2) is 30.6 Å². The van der Waals surface area contributed by atoms with E-state index in [-0.39, 0.29) is 5.78 Å². The number of phenolic OH excluding ortho intramolecular Hbond substituents is 1. The number of Topliss-reactive ketones (excluding diaryl/α,β-unsaturated/α-hetero) is 1. The van der Waals surface area contributed by atoms with Gasteiger partial charge in [0.15, 0.2) is 5.78 Å². The van der Waals surface area contributed by atoms with Gasteiger partial charge >= 0.3 is 0 Å². The van der Waals surface area contributed by atoms with E-state index in [4.69, 9.17) is 4.74 Å². The van der Waals surface area contributed by atoms with Gasteiger partial charge in [-0.3, -0.25) is 4.79 Å². The Balaban J connectivity index is 1.48. The van der Waals surface area contributed by atoms with Crippen LogP contribution in [-0.2, 0) is 6.42 Å². The summed E-state index contributed by atoms with van der Waals surface area (Å²) in [5, 5.41) is 13.0. The SMILES string of the molecule is O=C1CCc2ccc(OC[C@@H]3CCNCC[C@H]3c3ccc(O)cc3)cc21. The van der Waals surface area contributed by atoms with Crippen molar-refractivity contribution < 1.29 is 14.6 Å². The van der Waals surface area contributed by atoms with Crippen LogP contribution in [0.1, 0.15) is 46.7 Å². The summed E-state index contributed by atoms with van der Waals surface area (Å²) in [7, 11) is 0. The van der Waals surface area contributed by atoms with Gasteiger partial charge in [0.1, 0.15) is 11.5 Å². The van der Waals surface area contributed by atoms with Crippen molar-refractivity contribution in [2.24, 2.45) is 5.92 Å². The van der Waals surface area contributed by atoms with Gasteiger partial charge in [-0.15, -0.1) is 0 Å². The largest absolute Gasteiger partial charge is 0.508 e. The Morgan fingerprint density at radius 3 is 2.69 bits per heavy atom. The van der Waals surface area contributed by atoms with Crippen molar-refractivity contribution in [3.8, 4) is 11.5 Å². The molecular weight excluding hydrogens is 326 g/mol. The molecule has 1 aliphatic carbocycles. The number of fused-ring (bicyclic) bond motifs is 1. The fourth-order valence-corrected chi connectivity index (χ4v) is 4.18. The summed E-state index contributed by atoms with van der Waals surface area (Å²) in [5.41, 5.74) is 3.23. The monoisotopic (exact) mass is 351 g/mol. The van der Waals surface area contributed by atoms with Crippen molar-refractivity contribution in [2.45, 2.75) is 31.6 Å². The predicted molar refractivity (Wildman–Crippen MR) is 101 cm³/mol. The number of hydrogen-bond donors (Lipinski definition) is 2. The number of nitrogens with one attached hydrogen (secondary N) is 1. The van der Waals surface area contributed by atoms with Gasteiger partial charge in [-0.25, -0.2) is 0 Å². The second kappa shape index (κ2) is 7.50. The van der Waals surface area contributed by atoms with Gasteiger partial charge in [0.05, 0.1) is 6.61 Å². The van der Waals surface area contributed by atoms with Crippen LogP contribution in [0.3, 0.4) is 0 Å². The molecule has 4 nitrogen and oxygen atoms in total. The van der Waals surface area contributed by atoms with E-state index in [9.17, 15) is 9.90 Å². The molecule has 2 aromatic rings. The van der Waals surface area contributed by atoms with E-state index in [1.807, 2.05) is 30.3 Å². The van der Waals surface area contributed by atoms with Crippen LogP contribution in [0.2, 0.25) is 0 Å². The Kier molecular flexibility index (Phi) is 4.93. The highest BCUT2D eigenvalue weighted by atomic mass is 16.5.